The van der Waals surface area contributed by atoms with E-state index >= 15 is 0 Å². The van der Waals surface area contributed by atoms with Crippen LogP contribution in [0, 0.1) is 0 Å². The van der Waals surface area contributed by atoms with Crippen LogP contribution >= 0.6 is 0 Å². The van der Waals surface area contributed by atoms with Gasteiger partial charge in [-0.3, -0.25) is 4.79 Å². The van der Waals surface area contributed by atoms with E-state index in [-0.39, 0.29) is 11.7 Å². The minimum absolute atomic E-state index is 0.0411. The van der Waals surface area contributed by atoms with Crippen LogP contribution in [0.1, 0.15) is 27.7 Å². The normalized spacial score (nSPS) is 15.7. The number of carbonyl (C=O) groups excluding carboxylic acids is 1. The average Bonchev–Trinajstić information content (AvgIpc) is 2.74. The molecule has 142 valence electrons. The van der Waals surface area contributed by atoms with Gasteiger partial charge in [-0.1, -0.05) is 54.6 Å². The van der Waals surface area contributed by atoms with Gasteiger partial charge in [0.15, 0.2) is 11.5 Å². The molecule has 0 saturated carbocycles. The molecule has 0 aromatic heterocycles. The molecular formula is C23H22N2O3. The first-order valence-electron chi connectivity index (χ1n) is 9.25. The number of ether oxygens (including phenoxy) is 1. The summed E-state index contributed by atoms with van der Waals surface area (Å²) in [4.78, 5) is 15.0. The molecule has 1 heterocycles. The van der Waals surface area contributed by atoms with Gasteiger partial charge in [0.05, 0.1) is 12.7 Å². The lowest BCUT2D eigenvalue weighted by Gasteiger charge is -2.38. The predicted octanol–water partition coefficient (Wildman–Crippen LogP) is 4.21. The fourth-order valence-corrected chi connectivity index (χ4v) is 3.59. The molecule has 0 spiro atoms. The van der Waals surface area contributed by atoms with Gasteiger partial charge in [-0.15, -0.1) is 0 Å². The second kappa shape index (κ2) is 7.64. The number of nitrogens with zero attached hydrogens (tertiary/aromatic N) is 1. The number of anilines is 1. The van der Waals surface area contributed by atoms with Gasteiger partial charge in [0, 0.05) is 17.8 Å². The number of benzene rings is 3. The summed E-state index contributed by atoms with van der Waals surface area (Å²) in [5.74, 6) is 0.366. The third-order valence-corrected chi connectivity index (χ3v) is 5.05. The highest BCUT2D eigenvalue weighted by atomic mass is 16.5. The largest absolute Gasteiger partial charge is 0.504 e. The quantitative estimate of drug-likeness (QED) is 0.702. The number of hydrogen-bond donors (Lipinski definition) is 2. The number of carbonyl (C=O) groups is 1. The highest BCUT2D eigenvalue weighted by Gasteiger charge is 2.34. The Morgan fingerprint density at radius 2 is 1.75 bits per heavy atom. The van der Waals surface area contributed by atoms with Crippen molar-refractivity contribution in [2.24, 2.45) is 0 Å². The van der Waals surface area contributed by atoms with Gasteiger partial charge in [0.25, 0.3) is 5.91 Å². The number of hydrogen-bond acceptors (Lipinski definition) is 4. The summed E-state index contributed by atoms with van der Waals surface area (Å²) in [5.41, 5.74) is 3.16. The zero-order chi connectivity index (χ0) is 19.5. The first-order chi connectivity index (χ1) is 13.7. The van der Waals surface area contributed by atoms with Crippen LogP contribution in [0.25, 0.3) is 0 Å². The Morgan fingerprint density at radius 1 is 1.00 bits per heavy atom. The van der Waals surface area contributed by atoms with Crippen molar-refractivity contribution in [1.29, 1.82) is 0 Å². The number of aromatic hydroxyl groups is 1. The number of methoxy groups -OCH3 is 1. The molecule has 5 heteroatoms. The van der Waals surface area contributed by atoms with Crippen LogP contribution in [0.3, 0.4) is 0 Å². The van der Waals surface area contributed by atoms with Crippen molar-refractivity contribution in [3.63, 3.8) is 0 Å². The summed E-state index contributed by atoms with van der Waals surface area (Å²) >= 11 is 0. The Bertz CT molecular complexity index is 988. The van der Waals surface area contributed by atoms with E-state index in [1.54, 1.807) is 11.0 Å². The molecule has 0 fully saturated rings. The fourth-order valence-electron chi connectivity index (χ4n) is 3.59. The topological polar surface area (TPSA) is 61.8 Å². The fraction of sp³-hybridized carbons (Fsp3) is 0.174. The van der Waals surface area contributed by atoms with Gasteiger partial charge in [-0.25, -0.2) is 0 Å². The lowest BCUT2D eigenvalue weighted by atomic mass is 10.0. The summed E-state index contributed by atoms with van der Waals surface area (Å²) in [6, 6.07) is 22.8. The van der Waals surface area contributed by atoms with E-state index in [2.05, 4.69) is 5.32 Å². The Balaban J connectivity index is 1.72. The van der Waals surface area contributed by atoms with Gasteiger partial charge >= 0.3 is 0 Å². The highest BCUT2D eigenvalue weighted by Crippen LogP contribution is 2.40. The minimum atomic E-state index is -0.485. The molecule has 4 rings (SSSR count). The van der Waals surface area contributed by atoms with Crippen LogP contribution in [0.15, 0.2) is 72.8 Å². The van der Waals surface area contributed by atoms with E-state index in [1.807, 2.05) is 66.7 Å². The first-order valence-corrected chi connectivity index (χ1v) is 9.25. The number of fused-ring (bicyclic) bond motifs is 1. The van der Waals surface area contributed by atoms with Gasteiger partial charge in [0.2, 0.25) is 0 Å². The maximum atomic E-state index is 13.3. The molecule has 0 aliphatic carbocycles. The Hall–Kier alpha value is -3.47. The third kappa shape index (κ3) is 3.27. The summed E-state index contributed by atoms with van der Waals surface area (Å²) in [6.45, 7) is 0.519. The number of para-hydroxylation sites is 2. The minimum Gasteiger partial charge on any atom is -0.504 e. The number of amides is 1. The second-order valence-electron chi connectivity index (χ2n) is 6.72. The van der Waals surface area contributed by atoms with E-state index < -0.39 is 6.17 Å². The van der Waals surface area contributed by atoms with Crippen molar-refractivity contribution in [1.82, 2.24) is 4.90 Å². The van der Waals surface area contributed by atoms with E-state index in [9.17, 15) is 9.90 Å². The van der Waals surface area contributed by atoms with Crippen LogP contribution in [-0.2, 0) is 6.42 Å². The zero-order valence-electron chi connectivity index (χ0n) is 15.6. The Morgan fingerprint density at radius 3 is 2.54 bits per heavy atom. The van der Waals surface area contributed by atoms with Crippen molar-refractivity contribution >= 4 is 11.6 Å². The van der Waals surface area contributed by atoms with Gasteiger partial charge in [-0.05, 0) is 30.2 Å². The van der Waals surface area contributed by atoms with E-state index in [4.69, 9.17) is 4.74 Å². The lowest BCUT2D eigenvalue weighted by molar-refractivity contribution is 0.0683. The monoisotopic (exact) mass is 374 g/mol. The molecule has 0 radical (unpaired) electrons. The zero-order valence-corrected chi connectivity index (χ0v) is 15.6. The first kappa shape index (κ1) is 17.9. The SMILES string of the molecule is COc1cccc([C@@H]2Nc3ccccc3C(=O)N2CCc2ccccc2)c1O. The van der Waals surface area contributed by atoms with Crippen molar-refractivity contribution < 1.29 is 14.6 Å². The number of phenols is 1. The highest BCUT2D eigenvalue weighted by molar-refractivity contribution is 6.01. The molecule has 1 aliphatic rings. The number of nitrogens with one attached hydrogen (secondary N) is 1. The molecule has 1 amide bonds. The Kier molecular flexibility index (Phi) is 4.89. The van der Waals surface area contributed by atoms with E-state index in [0.717, 1.165) is 17.7 Å². The molecule has 0 saturated heterocycles. The van der Waals surface area contributed by atoms with Gasteiger partial charge in [-0.2, -0.15) is 0 Å². The third-order valence-electron chi connectivity index (χ3n) is 5.05. The molecule has 2 N–H and O–H groups in total. The Labute approximate surface area is 164 Å². The second-order valence-corrected chi connectivity index (χ2v) is 6.72. The molecule has 1 atom stereocenters. The summed E-state index contributed by atoms with van der Waals surface area (Å²) in [6.07, 6.45) is 0.235. The van der Waals surface area contributed by atoms with Gasteiger partial charge < -0.3 is 20.1 Å². The van der Waals surface area contributed by atoms with Gasteiger partial charge in [0.1, 0.15) is 6.17 Å². The van der Waals surface area contributed by atoms with Crippen LogP contribution in [0.2, 0.25) is 0 Å². The molecule has 5 nitrogen and oxygen atoms in total. The van der Waals surface area contributed by atoms with E-state index in [1.165, 1.54) is 7.11 Å². The maximum absolute atomic E-state index is 13.3. The molecule has 3 aromatic carbocycles. The van der Waals surface area contributed by atoms with Crippen molar-refractivity contribution in [3.8, 4) is 11.5 Å². The van der Waals surface area contributed by atoms with Crippen LogP contribution in [0.5, 0.6) is 11.5 Å². The van der Waals surface area contributed by atoms with Crippen LogP contribution in [0.4, 0.5) is 5.69 Å². The molecule has 1 aliphatic heterocycles. The molecule has 0 bridgehead atoms. The molecule has 28 heavy (non-hydrogen) atoms. The van der Waals surface area contributed by atoms with Crippen LogP contribution < -0.4 is 10.1 Å². The standard InChI is InChI=1S/C23H22N2O3/c1-28-20-13-7-11-18(21(20)26)22-24-19-12-6-5-10-17(19)23(27)25(22)15-14-16-8-3-2-4-9-16/h2-13,22,24,26H,14-15H2,1H3/t22-/m1/s1. The maximum Gasteiger partial charge on any atom is 0.257 e. The number of phenolic OH excluding ortho intramolecular Hbond substituents is 1. The van der Waals surface area contributed by atoms with Crippen molar-refractivity contribution in [3.05, 3.63) is 89.5 Å². The number of rotatable bonds is 5. The van der Waals surface area contributed by atoms with Crippen molar-refractivity contribution in [2.45, 2.75) is 12.6 Å². The lowest BCUT2D eigenvalue weighted by Crippen LogP contribution is -2.44. The average molecular weight is 374 g/mol. The summed E-state index contributed by atoms with van der Waals surface area (Å²) in [5, 5.41) is 14.1. The smallest absolute Gasteiger partial charge is 0.257 e. The molecule has 3 aromatic rings. The van der Waals surface area contributed by atoms with Crippen molar-refractivity contribution in [2.75, 3.05) is 19.0 Å². The summed E-state index contributed by atoms with van der Waals surface area (Å²) in [7, 11) is 1.51. The molecule has 0 unspecified atom stereocenters. The van der Waals surface area contributed by atoms with E-state index in [0.29, 0.717) is 23.4 Å². The van der Waals surface area contributed by atoms with Crippen LogP contribution in [-0.4, -0.2) is 29.6 Å². The summed E-state index contributed by atoms with van der Waals surface area (Å²) < 4.78 is 5.26. The predicted molar refractivity (Wildman–Crippen MR) is 109 cm³/mol. The molecular weight excluding hydrogens is 352 g/mol.